The number of nitrogens with two attached hydrogens (primary N) is 1. The number of nitrogens with zero attached hydrogens (tertiary/aromatic N) is 7. The maximum absolute atomic E-state index is 13.6. The molecule has 0 aromatic carbocycles. The molecule has 176 valence electrons. The molecule has 1 aliphatic rings. The number of anilines is 1. The van der Waals surface area contributed by atoms with E-state index in [1.165, 1.54) is 11.7 Å². The Balaban J connectivity index is 1.90. The fourth-order valence-corrected chi connectivity index (χ4v) is 4.21. The summed E-state index contributed by atoms with van der Waals surface area (Å²) < 4.78 is 9.39. The Bertz CT molecular complexity index is 1460. The van der Waals surface area contributed by atoms with E-state index in [4.69, 9.17) is 10.5 Å². The van der Waals surface area contributed by atoms with Gasteiger partial charge in [0.25, 0.3) is 5.56 Å². The van der Waals surface area contributed by atoms with Crippen LogP contribution in [0.2, 0.25) is 0 Å². The highest BCUT2D eigenvalue weighted by molar-refractivity contribution is 5.75. The highest BCUT2D eigenvalue weighted by Crippen LogP contribution is 2.23. The Morgan fingerprint density at radius 2 is 2.06 bits per heavy atom. The van der Waals surface area contributed by atoms with Crippen molar-refractivity contribution in [3.63, 3.8) is 0 Å². The molecule has 3 aromatic heterocycles. The number of rotatable bonds is 5. The average Bonchev–Trinajstić information content (AvgIpc) is 3.23. The molecule has 0 bridgehead atoms. The van der Waals surface area contributed by atoms with Crippen LogP contribution in [0.15, 0.2) is 21.7 Å². The molecule has 1 fully saturated rings. The average molecular weight is 463 g/mol. The topological polar surface area (TPSA) is 137 Å². The lowest BCUT2D eigenvalue weighted by Gasteiger charge is -2.31. The summed E-state index contributed by atoms with van der Waals surface area (Å²) in [4.78, 5) is 37.8. The summed E-state index contributed by atoms with van der Waals surface area (Å²) in [5, 5.41) is 9.19. The second-order valence-electron chi connectivity index (χ2n) is 8.15. The minimum Gasteiger partial charge on any atom is -0.480 e. The Hall–Kier alpha value is -4.09. The van der Waals surface area contributed by atoms with Crippen LogP contribution in [-0.2, 0) is 20.1 Å². The van der Waals surface area contributed by atoms with Crippen LogP contribution < -0.4 is 26.6 Å². The molecular weight excluding hydrogens is 436 g/mol. The zero-order chi connectivity index (χ0) is 24.4. The van der Waals surface area contributed by atoms with Crippen molar-refractivity contribution >= 4 is 17.1 Å². The third-order valence-electron chi connectivity index (χ3n) is 5.92. The molecule has 4 heterocycles. The van der Waals surface area contributed by atoms with Crippen molar-refractivity contribution < 1.29 is 4.74 Å². The standard InChI is InChI=1S/C23H26N8O3/c1-4-5-11-30-18-19(27-22(30)29-10-6-7-16(25)13-29)28(2)23(33)31(21(18)32)14-17-9-8-15(12-24)20(26-17)34-3/h8-9,16H,6-7,10-11,13-14,25H2,1-3H3/t16-/m1/s1. The quantitative estimate of drug-likeness (QED) is 0.530. The smallest absolute Gasteiger partial charge is 0.332 e. The zero-order valence-corrected chi connectivity index (χ0v) is 19.4. The van der Waals surface area contributed by atoms with Crippen LogP contribution in [0, 0.1) is 23.2 Å². The molecule has 4 rings (SSSR count). The first-order valence-electron chi connectivity index (χ1n) is 10.9. The third kappa shape index (κ3) is 4.02. The van der Waals surface area contributed by atoms with E-state index in [-0.39, 0.29) is 30.6 Å². The van der Waals surface area contributed by atoms with Gasteiger partial charge in [0.2, 0.25) is 11.8 Å². The third-order valence-corrected chi connectivity index (χ3v) is 5.92. The van der Waals surface area contributed by atoms with E-state index >= 15 is 0 Å². The maximum Gasteiger partial charge on any atom is 0.332 e. The number of ether oxygens (including phenoxy) is 1. The van der Waals surface area contributed by atoms with Crippen molar-refractivity contribution in [3.05, 3.63) is 44.2 Å². The van der Waals surface area contributed by atoms with Crippen LogP contribution in [0.25, 0.3) is 11.2 Å². The Labute approximate surface area is 196 Å². The van der Waals surface area contributed by atoms with Crippen LogP contribution in [0.5, 0.6) is 5.88 Å². The number of pyridine rings is 1. The van der Waals surface area contributed by atoms with Gasteiger partial charge in [-0.3, -0.25) is 18.5 Å². The molecule has 11 heteroatoms. The number of fused-ring (bicyclic) bond motifs is 1. The number of methoxy groups -OCH3 is 1. The molecule has 1 atom stereocenters. The molecule has 0 amide bonds. The van der Waals surface area contributed by atoms with Crippen molar-refractivity contribution in [2.45, 2.75) is 38.9 Å². The van der Waals surface area contributed by atoms with Gasteiger partial charge < -0.3 is 15.4 Å². The minimum atomic E-state index is -0.518. The Kier molecular flexibility index (Phi) is 6.39. The van der Waals surface area contributed by atoms with Gasteiger partial charge in [-0.1, -0.05) is 5.92 Å². The summed E-state index contributed by atoms with van der Waals surface area (Å²) in [5.41, 5.74) is 6.44. The van der Waals surface area contributed by atoms with E-state index in [1.807, 2.05) is 11.0 Å². The second kappa shape index (κ2) is 9.41. The van der Waals surface area contributed by atoms with Gasteiger partial charge in [-0.2, -0.15) is 10.2 Å². The van der Waals surface area contributed by atoms with Crippen molar-refractivity contribution in [1.29, 1.82) is 5.26 Å². The van der Waals surface area contributed by atoms with E-state index < -0.39 is 11.2 Å². The molecule has 1 aliphatic heterocycles. The van der Waals surface area contributed by atoms with Crippen LogP contribution in [-0.4, -0.2) is 49.9 Å². The zero-order valence-electron chi connectivity index (χ0n) is 19.4. The summed E-state index contributed by atoms with van der Waals surface area (Å²) in [6.45, 7) is 3.27. The van der Waals surface area contributed by atoms with Gasteiger partial charge >= 0.3 is 5.69 Å². The van der Waals surface area contributed by atoms with Crippen molar-refractivity contribution in [1.82, 2.24) is 23.7 Å². The predicted octanol–water partition coefficient (Wildman–Crippen LogP) is 0.171. The number of aromatic nitrogens is 5. The lowest BCUT2D eigenvalue weighted by molar-refractivity contribution is 0.394. The van der Waals surface area contributed by atoms with Gasteiger partial charge in [0.05, 0.1) is 25.9 Å². The highest BCUT2D eigenvalue weighted by atomic mass is 16.5. The molecule has 3 aromatic rings. The molecule has 0 radical (unpaired) electrons. The first-order valence-corrected chi connectivity index (χ1v) is 10.9. The van der Waals surface area contributed by atoms with Gasteiger partial charge in [0.1, 0.15) is 11.6 Å². The molecule has 0 spiro atoms. The summed E-state index contributed by atoms with van der Waals surface area (Å²) in [7, 11) is 2.99. The molecule has 0 aliphatic carbocycles. The molecule has 0 saturated carbocycles. The van der Waals surface area contributed by atoms with Gasteiger partial charge in [0.15, 0.2) is 11.2 Å². The number of imidazole rings is 1. The molecule has 2 N–H and O–H groups in total. The highest BCUT2D eigenvalue weighted by Gasteiger charge is 2.26. The monoisotopic (exact) mass is 462 g/mol. The van der Waals surface area contributed by atoms with Gasteiger partial charge in [-0.25, -0.2) is 9.78 Å². The molecule has 11 nitrogen and oxygen atoms in total. The van der Waals surface area contributed by atoms with Gasteiger partial charge in [-0.05, 0) is 31.9 Å². The van der Waals surface area contributed by atoms with Gasteiger partial charge in [0, 0.05) is 26.2 Å². The van der Waals surface area contributed by atoms with E-state index in [0.717, 1.165) is 24.0 Å². The molecule has 1 saturated heterocycles. The van der Waals surface area contributed by atoms with Gasteiger partial charge in [-0.15, -0.1) is 5.92 Å². The Morgan fingerprint density at radius 1 is 1.26 bits per heavy atom. The van der Waals surface area contributed by atoms with Crippen molar-refractivity contribution in [3.8, 4) is 23.8 Å². The number of hydrogen-bond donors (Lipinski definition) is 1. The summed E-state index contributed by atoms with van der Waals surface area (Å²) in [5.74, 6) is 6.59. The van der Waals surface area contributed by atoms with Crippen molar-refractivity contribution in [2.75, 3.05) is 25.1 Å². The van der Waals surface area contributed by atoms with E-state index in [1.54, 1.807) is 30.7 Å². The lowest BCUT2D eigenvalue weighted by atomic mass is 10.1. The van der Waals surface area contributed by atoms with E-state index in [9.17, 15) is 14.9 Å². The largest absolute Gasteiger partial charge is 0.480 e. The predicted molar refractivity (Wildman–Crippen MR) is 127 cm³/mol. The molecule has 34 heavy (non-hydrogen) atoms. The van der Waals surface area contributed by atoms with Crippen LogP contribution in [0.1, 0.15) is 31.0 Å². The number of piperidine rings is 1. The molecular formula is C23H26N8O3. The Morgan fingerprint density at radius 3 is 2.74 bits per heavy atom. The number of nitriles is 1. The van der Waals surface area contributed by atoms with Crippen LogP contribution >= 0.6 is 0 Å². The fraction of sp³-hybridized carbons (Fsp3) is 0.435. The van der Waals surface area contributed by atoms with Crippen LogP contribution in [0.3, 0.4) is 0 Å². The minimum absolute atomic E-state index is 0.0113. The normalized spacial score (nSPS) is 15.6. The first kappa shape index (κ1) is 23.1. The summed E-state index contributed by atoms with van der Waals surface area (Å²) in [6.07, 6.45) is 1.84. The van der Waals surface area contributed by atoms with E-state index in [0.29, 0.717) is 29.4 Å². The summed E-state index contributed by atoms with van der Waals surface area (Å²) >= 11 is 0. The van der Waals surface area contributed by atoms with Crippen LogP contribution in [0.4, 0.5) is 5.95 Å². The SMILES string of the molecule is CC#CCn1c(N2CCC[C@@H](N)C2)nc2c1c(=O)n(Cc1ccc(C#N)c(OC)n1)c(=O)n2C. The fourth-order valence-electron chi connectivity index (χ4n) is 4.21. The number of hydrogen-bond acceptors (Lipinski definition) is 8. The molecule has 0 unspecified atom stereocenters. The van der Waals surface area contributed by atoms with E-state index in [2.05, 4.69) is 21.8 Å². The van der Waals surface area contributed by atoms with Crippen molar-refractivity contribution in [2.24, 2.45) is 12.8 Å². The summed E-state index contributed by atoms with van der Waals surface area (Å²) in [6, 6.07) is 5.15. The maximum atomic E-state index is 13.6. The second-order valence-corrected chi connectivity index (χ2v) is 8.15. The first-order chi connectivity index (χ1) is 16.4. The lowest BCUT2D eigenvalue weighted by Crippen LogP contribution is -2.44. The number of aryl methyl sites for hydroxylation is 1.